The van der Waals surface area contributed by atoms with Crippen LogP contribution in [0.3, 0.4) is 0 Å². The predicted molar refractivity (Wildman–Crippen MR) is 88.3 cm³/mol. The van der Waals surface area contributed by atoms with Gasteiger partial charge in [0.05, 0.1) is 5.56 Å². The maximum Gasteiger partial charge on any atom is 0.255 e. The van der Waals surface area contributed by atoms with Crippen LogP contribution < -0.4 is 15.5 Å². The summed E-state index contributed by atoms with van der Waals surface area (Å²) < 4.78 is 0. The van der Waals surface area contributed by atoms with Crippen LogP contribution in [0.5, 0.6) is 0 Å². The number of piperidine rings is 2. The Morgan fingerprint density at radius 1 is 1.36 bits per heavy atom. The maximum atomic E-state index is 12.7. The van der Waals surface area contributed by atoms with Crippen molar-refractivity contribution in [3.8, 4) is 0 Å². The maximum absolute atomic E-state index is 12.7. The standard InChI is InChI=1S/C17H26N4O/c1-13-12-14(7-9-18-13)20-17(22)15-6-5-8-19-16(15)21-10-3-2-4-11-21/h5-6,8,13-14,18H,2-4,7,9-12H2,1H3,(H,20,22). The zero-order valence-corrected chi connectivity index (χ0v) is 13.3. The summed E-state index contributed by atoms with van der Waals surface area (Å²) in [6.45, 7) is 5.14. The summed E-state index contributed by atoms with van der Waals surface area (Å²) in [5.74, 6) is 0.870. The predicted octanol–water partition coefficient (Wildman–Crippen LogP) is 1.94. The minimum Gasteiger partial charge on any atom is -0.356 e. The van der Waals surface area contributed by atoms with E-state index in [1.54, 1.807) is 6.20 Å². The lowest BCUT2D eigenvalue weighted by molar-refractivity contribution is 0.0926. The fraction of sp³-hybridized carbons (Fsp3) is 0.647. The van der Waals surface area contributed by atoms with Crippen molar-refractivity contribution in [3.63, 3.8) is 0 Å². The molecule has 3 heterocycles. The summed E-state index contributed by atoms with van der Waals surface area (Å²) in [6.07, 6.45) is 7.42. The van der Waals surface area contributed by atoms with Crippen LogP contribution in [-0.2, 0) is 0 Å². The van der Waals surface area contributed by atoms with Gasteiger partial charge in [-0.05, 0) is 57.7 Å². The summed E-state index contributed by atoms with van der Waals surface area (Å²) in [5, 5.41) is 6.62. The minimum atomic E-state index is 0.0211. The van der Waals surface area contributed by atoms with Crippen LogP contribution in [0.15, 0.2) is 18.3 Å². The van der Waals surface area contributed by atoms with E-state index in [4.69, 9.17) is 0 Å². The average molecular weight is 302 g/mol. The molecule has 2 unspecified atom stereocenters. The first-order valence-corrected chi connectivity index (χ1v) is 8.48. The number of carbonyl (C=O) groups is 1. The van der Waals surface area contributed by atoms with E-state index in [1.165, 1.54) is 19.3 Å². The lowest BCUT2D eigenvalue weighted by Gasteiger charge is -2.31. The van der Waals surface area contributed by atoms with E-state index in [0.717, 1.165) is 43.9 Å². The van der Waals surface area contributed by atoms with Crippen molar-refractivity contribution in [2.45, 2.75) is 51.1 Å². The molecule has 0 spiro atoms. The fourth-order valence-corrected chi connectivity index (χ4v) is 3.46. The fourth-order valence-electron chi connectivity index (χ4n) is 3.46. The van der Waals surface area contributed by atoms with Crippen LogP contribution in [0, 0.1) is 0 Å². The monoisotopic (exact) mass is 302 g/mol. The number of pyridine rings is 1. The highest BCUT2D eigenvalue weighted by Crippen LogP contribution is 2.22. The van der Waals surface area contributed by atoms with E-state index in [9.17, 15) is 4.79 Å². The third-order valence-corrected chi connectivity index (χ3v) is 4.65. The van der Waals surface area contributed by atoms with Crippen molar-refractivity contribution in [1.82, 2.24) is 15.6 Å². The van der Waals surface area contributed by atoms with E-state index in [0.29, 0.717) is 6.04 Å². The van der Waals surface area contributed by atoms with E-state index in [2.05, 4.69) is 27.4 Å². The highest BCUT2D eigenvalue weighted by Gasteiger charge is 2.24. The second kappa shape index (κ2) is 7.09. The number of aromatic nitrogens is 1. The van der Waals surface area contributed by atoms with Gasteiger partial charge in [0.25, 0.3) is 5.91 Å². The molecule has 1 aromatic rings. The van der Waals surface area contributed by atoms with Crippen LogP contribution in [0.2, 0.25) is 0 Å². The molecule has 120 valence electrons. The molecule has 0 aromatic carbocycles. The summed E-state index contributed by atoms with van der Waals surface area (Å²) in [4.78, 5) is 19.4. The molecule has 5 nitrogen and oxygen atoms in total. The lowest BCUT2D eigenvalue weighted by Crippen LogP contribution is -2.47. The van der Waals surface area contributed by atoms with Crippen LogP contribution in [0.1, 0.15) is 49.4 Å². The Morgan fingerprint density at radius 3 is 2.95 bits per heavy atom. The number of rotatable bonds is 3. The van der Waals surface area contributed by atoms with Gasteiger partial charge in [0.15, 0.2) is 0 Å². The highest BCUT2D eigenvalue weighted by molar-refractivity contribution is 5.99. The van der Waals surface area contributed by atoms with Gasteiger partial charge in [-0.25, -0.2) is 4.98 Å². The molecular formula is C17H26N4O. The van der Waals surface area contributed by atoms with Gasteiger partial charge in [-0.15, -0.1) is 0 Å². The minimum absolute atomic E-state index is 0.0211. The van der Waals surface area contributed by atoms with Crippen molar-refractivity contribution < 1.29 is 4.79 Å². The molecule has 2 aliphatic heterocycles. The molecule has 1 amide bonds. The van der Waals surface area contributed by atoms with Crippen LogP contribution in [0.4, 0.5) is 5.82 Å². The quantitative estimate of drug-likeness (QED) is 0.896. The van der Waals surface area contributed by atoms with Crippen molar-refractivity contribution >= 4 is 11.7 Å². The summed E-state index contributed by atoms with van der Waals surface area (Å²) >= 11 is 0. The highest BCUT2D eigenvalue weighted by atomic mass is 16.1. The second-order valence-corrected chi connectivity index (χ2v) is 6.47. The lowest BCUT2D eigenvalue weighted by atomic mass is 10.00. The molecule has 1 aromatic heterocycles. The molecule has 2 aliphatic rings. The molecule has 2 N–H and O–H groups in total. The third kappa shape index (κ3) is 3.58. The van der Waals surface area contributed by atoms with Gasteiger partial charge in [0.1, 0.15) is 5.82 Å². The number of hydrogen-bond donors (Lipinski definition) is 2. The number of anilines is 1. The molecule has 0 saturated carbocycles. The molecule has 2 fully saturated rings. The van der Waals surface area contributed by atoms with Gasteiger partial charge in [0.2, 0.25) is 0 Å². The second-order valence-electron chi connectivity index (χ2n) is 6.47. The third-order valence-electron chi connectivity index (χ3n) is 4.65. The van der Waals surface area contributed by atoms with Crippen LogP contribution in [-0.4, -0.2) is 42.6 Å². The zero-order valence-electron chi connectivity index (χ0n) is 13.3. The molecule has 5 heteroatoms. The SMILES string of the molecule is CC1CC(NC(=O)c2cccnc2N2CCCCC2)CCN1. The molecule has 2 atom stereocenters. The Bertz CT molecular complexity index is 513. The number of amides is 1. The Balaban J connectivity index is 1.71. The molecule has 0 aliphatic carbocycles. The molecule has 0 bridgehead atoms. The largest absolute Gasteiger partial charge is 0.356 e. The van der Waals surface area contributed by atoms with Gasteiger partial charge in [-0.2, -0.15) is 0 Å². The van der Waals surface area contributed by atoms with Crippen molar-refractivity contribution in [1.29, 1.82) is 0 Å². The molecule has 3 rings (SSSR count). The summed E-state index contributed by atoms with van der Waals surface area (Å²) in [6, 6.07) is 4.48. The number of carbonyl (C=O) groups excluding carboxylic acids is 1. The first-order chi connectivity index (χ1) is 10.7. The van der Waals surface area contributed by atoms with Gasteiger partial charge < -0.3 is 15.5 Å². The van der Waals surface area contributed by atoms with Crippen molar-refractivity contribution in [2.75, 3.05) is 24.5 Å². The number of nitrogens with one attached hydrogen (secondary N) is 2. The summed E-state index contributed by atoms with van der Waals surface area (Å²) in [5.41, 5.74) is 0.718. The average Bonchev–Trinajstić information content (AvgIpc) is 2.56. The topological polar surface area (TPSA) is 57.3 Å². The Morgan fingerprint density at radius 2 is 2.18 bits per heavy atom. The Labute approximate surface area is 132 Å². The van der Waals surface area contributed by atoms with E-state index < -0.39 is 0 Å². The van der Waals surface area contributed by atoms with E-state index >= 15 is 0 Å². The molecule has 22 heavy (non-hydrogen) atoms. The van der Waals surface area contributed by atoms with Crippen LogP contribution >= 0.6 is 0 Å². The normalized spacial score (nSPS) is 25.8. The van der Waals surface area contributed by atoms with Gasteiger partial charge in [-0.3, -0.25) is 4.79 Å². The summed E-state index contributed by atoms with van der Waals surface area (Å²) in [7, 11) is 0. The van der Waals surface area contributed by atoms with Gasteiger partial charge >= 0.3 is 0 Å². The Hall–Kier alpha value is -1.62. The molecular weight excluding hydrogens is 276 g/mol. The molecule has 2 saturated heterocycles. The van der Waals surface area contributed by atoms with E-state index in [-0.39, 0.29) is 11.9 Å². The van der Waals surface area contributed by atoms with E-state index in [1.807, 2.05) is 12.1 Å². The number of nitrogens with zero attached hydrogens (tertiary/aromatic N) is 2. The first kappa shape index (κ1) is 15.3. The van der Waals surface area contributed by atoms with Crippen molar-refractivity contribution in [3.05, 3.63) is 23.9 Å². The Kier molecular flexibility index (Phi) is 4.93. The zero-order chi connectivity index (χ0) is 15.4. The molecule has 0 radical (unpaired) electrons. The van der Waals surface area contributed by atoms with Crippen molar-refractivity contribution in [2.24, 2.45) is 0 Å². The first-order valence-electron chi connectivity index (χ1n) is 8.48. The smallest absolute Gasteiger partial charge is 0.255 e. The van der Waals surface area contributed by atoms with Gasteiger partial charge in [-0.1, -0.05) is 0 Å². The van der Waals surface area contributed by atoms with Gasteiger partial charge in [0, 0.05) is 31.4 Å². The van der Waals surface area contributed by atoms with Crippen LogP contribution in [0.25, 0.3) is 0 Å². The number of hydrogen-bond acceptors (Lipinski definition) is 4.